The van der Waals surface area contributed by atoms with Gasteiger partial charge in [-0.15, -0.1) is 10.5 Å². The molecule has 0 amide bonds. The van der Waals surface area contributed by atoms with Gasteiger partial charge in [0, 0.05) is 0 Å². The largest absolute Gasteiger partial charge is 0.358 e. The van der Waals surface area contributed by atoms with Crippen molar-refractivity contribution in [1.82, 2.24) is 0 Å². The van der Waals surface area contributed by atoms with Crippen LogP contribution in [0.2, 0.25) is 0 Å². The van der Waals surface area contributed by atoms with Gasteiger partial charge < -0.3 is 0 Å². The Bertz CT molecular complexity index is 1090. The number of nitrogens with zero attached hydrogens (tertiary/aromatic N) is 2. The normalized spacial score (nSPS) is 18.7. The third kappa shape index (κ3) is 4.18. The first-order valence-electron chi connectivity index (χ1n) is 8.19. The minimum absolute atomic E-state index is 0.0408. The zero-order valence-corrected chi connectivity index (χ0v) is 16.5. The summed E-state index contributed by atoms with van der Waals surface area (Å²) in [5, 5.41) is 15.4. The minimum atomic E-state index is -4.01. The second kappa shape index (κ2) is 7.91. The standard InChI is InChI=1S/C20H18N2O3S2/c1-15-9-11-17(12-10-15)27(23,24)25-22-20-8-5-13-26(20)19(14-21)18-7-4-3-6-16(18)2/h3-13,19H,1-2H3. The average Bonchev–Trinajstić information content (AvgIpc) is 3.11. The van der Waals surface area contributed by atoms with Crippen molar-refractivity contribution in [2.45, 2.75) is 24.0 Å². The molecule has 0 fully saturated rings. The summed E-state index contributed by atoms with van der Waals surface area (Å²) in [6.07, 6.45) is 3.45. The van der Waals surface area contributed by atoms with E-state index in [2.05, 4.69) is 11.2 Å². The molecule has 2 aromatic carbocycles. The van der Waals surface area contributed by atoms with Gasteiger partial charge in [0.15, 0.2) is 0 Å². The second-order valence-electron chi connectivity index (χ2n) is 6.00. The highest BCUT2D eigenvalue weighted by Gasteiger charge is 2.23. The molecule has 1 aliphatic rings. The molecule has 2 unspecified atom stereocenters. The molecule has 2 atom stereocenters. The summed E-state index contributed by atoms with van der Waals surface area (Å²) >= 11 is 0. The molecule has 0 radical (unpaired) electrons. The monoisotopic (exact) mass is 398 g/mol. The Labute approximate surface area is 161 Å². The maximum absolute atomic E-state index is 12.3. The van der Waals surface area contributed by atoms with Crippen molar-refractivity contribution in [2.24, 2.45) is 5.16 Å². The predicted octanol–water partition coefficient (Wildman–Crippen LogP) is 4.23. The zero-order chi connectivity index (χ0) is 19.4. The molecule has 0 saturated heterocycles. The Hall–Kier alpha value is -2.69. The molecule has 0 spiro atoms. The van der Waals surface area contributed by atoms with E-state index in [-0.39, 0.29) is 4.90 Å². The van der Waals surface area contributed by atoms with Crippen LogP contribution >= 0.6 is 10.5 Å². The van der Waals surface area contributed by atoms with Gasteiger partial charge in [-0.05, 0) is 48.6 Å². The molecule has 0 aromatic heterocycles. The van der Waals surface area contributed by atoms with Crippen LogP contribution in [-0.4, -0.2) is 18.8 Å². The maximum Gasteiger partial charge on any atom is 0.358 e. The van der Waals surface area contributed by atoms with Gasteiger partial charge in [0.1, 0.15) is 15.2 Å². The van der Waals surface area contributed by atoms with Crippen LogP contribution in [0.5, 0.6) is 0 Å². The van der Waals surface area contributed by atoms with Crippen molar-refractivity contribution in [3.05, 3.63) is 77.4 Å². The van der Waals surface area contributed by atoms with E-state index in [0.29, 0.717) is 5.04 Å². The lowest BCUT2D eigenvalue weighted by molar-refractivity contribution is 0.340. The lowest BCUT2D eigenvalue weighted by atomic mass is 10.1. The van der Waals surface area contributed by atoms with Crippen LogP contribution < -0.4 is 0 Å². The second-order valence-corrected chi connectivity index (χ2v) is 9.44. The molecule has 27 heavy (non-hydrogen) atoms. The van der Waals surface area contributed by atoms with E-state index in [1.165, 1.54) is 12.1 Å². The third-order valence-electron chi connectivity index (χ3n) is 4.08. The van der Waals surface area contributed by atoms with Crippen LogP contribution in [-0.2, 0) is 14.4 Å². The number of oxime groups is 1. The molecule has 0 aliphatic carbocycles. The Morgan fingerprint density at radius 1 is 1.11 bits per heavy atom. The average molecular weight is 399 g/mol. The molecule has 1 heterocycles. The van der Waals surface area contributed by atoms with Gasteiger partial charge in [-0.3, -0.25) is 4.28 Å². The summed E-state index contributed by atoms with van der Waals surface area (Å²) in [5.41, 5.74) is 2.85. The number of aryl methyl sites for hydroxylation is 2. The summed E-state index contributed by atoms with van der Waals surface area (Å²) in [5.74, 6) is 0. The summed E-state index contributed by atoms with van der Waals surface area (Å²) in [6, 6.07) is 16.3. The first kappa shape index (κ1) is 19.1. The van der Waals surface area contributed by atoms with Crippen LogP contribution in [0.4, 0.5) is 0 Å². The van der Waals surface area contributed by atoms with Crippen LogP contribution in [0.25, 0.3) is 0 Å². The molecule has 5 nitrogen and oxygen atoms in total. The Morgan fingerprint density at radius 2 is 1.81 bits per heavy atom. The fraction of sp³-hybridized carbons (Fsp3) is 0.150. The Morgan fingerprint density at radius 3 is 2.48 bits per heavy atom. The molecule has 0 bridgehead atoms. The summed E-state index contributed by atoms with van der Waals surface area (Å²) in [4.78, 5) is 0.0408. The molecular formula is C20H18N2O3S2. The van der Waals surface area contributed by atoms with E-state index in [9.17, 15) is 13.7 Å². The van der Waals surface area contributed by atoms with Crippen molar-refractivity contribution >= 4 is 31.0 Å². The number of nitriles is 1. The highest BCUT2D eigenvalue weighted by Crippen LogP contribution is 2.39. The lowest BCUT2D eigenvalue weighted by Crippen LogP contribution is -2.06. The van der Waals surface area contributed by atoms with E-state index in [1.807, 2.05) is 43.5 Å². The molecule has 0 N–H and O–H groups in total. The number of allylic oxidation sites excluding steroid dienone is 1. The van der Waals surface area contributed by atoms with E-state index < -0.39 is 25.9 Å². The fourth-order valence-corrected chi connectivity index (χ4v) is 5.18. The Kier molecular flexibility index (Phi) is 5.59. The van der Waals surface area contributed by atoms with Gasteiger partial charge in [-0.1, -0.05) is 53.2 Å². The van der Waals surface area contributed by atoms with Gasteiger partial charge in [0.05, 0.1) is 6.07 Å². The first-order valence-corrected chi connectivity index (χ1v) is 11.0. The highest BCUT2D eigenvalue weighted by molar-refractivity contribution is 8.29. The predicted molar refractivity (Wildman–Crippen MR) is 109 cm³/mol. The quantitative estimate of drug-likeness (QED) is 0.558. The summed E-state index contributed by atoms with van der Waals surface area (Å²) in [6.45, 7) is 3.82. The van der Waals surface area contributed by atoms with E-state index in [1.54, 1.807) is 24.3 Å². The zero-order valence-electron chi connectivity index (χ0n) is 14.9. The maximum atomic E-state index is 12.3. The van der Waals surface area contributed by atoms with Crippen LogP contribution in [0, 0.1) is 25.2 Å². The molecular weight excluding hydrogens is 380 g/mol. The van der Waals surface area contributed by atoms with E-state index in [4.69, 9.17) is 4.28 Å². The van der Waals surface area contributed by atoms with Crippen molar-refractivity contribution in [2.75, 3.05) is 0 Å². The molecule has 0 saturated carbocycles. The SMILES string of the molecule is Cc1ccc(S(=O)(=O)ON=C2C=CC=S2C(C#N)c2ccccc2C)cc1. The first-order chi connectivity index (χ1) is 12.9. The third-order valence-corrected chi connectivity index (χ3v) is 7.21. The Balaban J connectivity index is 1.87. The highest BCUT2D eigenvalue weighted by atomic mass is 32.2. The molecule has 7 heteroatoms. The summed E-state index contributed by atoms with van der Waals surface area (Å²) in [7, 11) is -4.70. The van der Waals surface area contributed by atoms with Crippen molar-refractivity contribution in [3.63, 3.8) is 0 Å². The topological polar surface area (TPSA) is 79.5 Å². The van der Waals surface area contributed by atoms with Crippen molar-refractivity contribution in [3.8, 4) is 6.07 Å². The van der Waals surface area contributed by atoms with Crippen molar-refractivity contribution in [1.29, 1.82) is 5.26 Å². The van der Waals surface area contributed by atoms with Gasteiger partial charge in [-0.25, -0.2) is 0 Å². The van der Waals surface area contributed by atoms with Gasteiger partial charge in [0.2, 0.25) is 0 Å². The van der Waals surface area contributed by atoms with Crippen LogP contribution in [0.15, 0.2) is 70.7 Å². The van der Waals surface area contributed by atoms with E-state index in [0.717, 1.165) is 16.7 Å². The number of rotatable bonds is 5. The smallest absolute Gasteiger partial charge is 0.264 e. The molecule has 2 aromatic rings. The van der Waals surface area contributed by atoms with Crippen LogP contribution in [0.3, 0.4) is 0 Å². The number of benzene rings is 2. The van der Waals surface area contributed by atoms with Gasteiger partial charge >= 0.3 is 10.1 Å². The van der Waals surface area contributed by atoms with Crippen LogP contribution in [0.1, 0.15) is 21.9 Å². The number of hydrogen-bond acceptors (Lipinski definition) is 5. The molecule has 3 rings (SSSR count). The summed E-state index contributed by atoms with van der Waals surface area (Å²) < 4.78 is 29.6. The minimum Gasteiger partial charge on any atom is -0.264 e. The van der Waals surface area contributed by atoms with Gasteiger partial charge in [0.25, 0.3) is 0 Å². The van der Waals surface area contributed by atoms with E-state index >= 15 is 0 Å². The fourth-order valence-electron chi connectivity index (χ4n) is 2.61. The lowest BCUT2D eigenvalue weighted by Gasteiger charge is -2.15. The van der Waals surface area contributed by atoms with Gasteiger partial charge in [-0.2, -0.15) is 13.7 Å². The molecule has 1 aliphatic heterocycles. The van der Waals surface area contributed by atoms with Crippen molar-refractivity contribution < 1.29 is 12.7 Å². The number of hydrogen-bond donors (Lipinski definition) is 0. The molecule has 138 valence electrons.